The lowest BCUT2D eigenvalue weighted by Crippen LogP contribution is -2.35. The van der Waals surface area contributed by atoms with Crippen LogP contribution in [0.15, 0.2) is 18.2 Å². The van der Waals surface area contributed by atoms with Crippen molar-refractivity contribution < 1.29 is 4.74 Å². The molecule has 0 spiro atoms. The summed E-state index contributed by atoms with van der Waals surface area (Å²) in [7, 11) is 0. The molecule has 104 valence electrons. The summed E-state index contributed by atoms with van der Waals surface area (Å²) in [5.41, 5.74) is 8.14. The summed E-state index contributed by atoms with van der Waals surface area (Å²) in [6, 6.07) is 8.06. The Morgan fingerprint density at radius 3 is 3.00 bits per heavy atom. The highest BCUT2D eigenvalue weighted by atomic mass is 16.5. The van der Waals surface area contributed by atoms with E-state index in [2.05, 4.69) is 29.5 Å². The Hall–Kier alpha value is -2.06. The number of para-hydroxylation sites is 1. The van der Waals surface area contributed by atoms with E-state index in [4.69, 9.17) is 15.7 Å². The van der Waals surface area contributed by atoms with Crippen LogP contribution in [-0.2, 0) is 4.74 Å². The smallest absolute Gasteiger partial charge is 0.201 e. The van der Waals surface area contributed by atoms with Crippen LogP contribution in [0.25, 0.3) is 11.0 Å². The van der Waals surface area contributed by atoms with Gasteiger partial charge in [0.05, 0.1) is 16.7 Å². The van der Waals surface area contributed by atoms with Crippen LogP contribution in [0.1, 0.15) is 38.3 Å². The number of anilines is 1. The molecule has 5 heteroatoms. The van der Waals surface area contributed by atoms with Crippen molar-refractivity contribution in [2.24, 2.45) is 0 Å². The van der Waals surface area contributed by atoms with Gasteiger partial charge in [-0.2, -0.15) is 5.26 Å². The van der Waals surface area contributed by atoms with Gasteiger partial charge in [0, 0.05) is 12.6 Å². The lowest BCUT2D eigenvalue weighted by Gasteiger charge is -2.36. The molecule has 1 aromatic heterocycles. The molecule has 1 unspecified atom stereocenters. The molecule has 1 saturated heterocycles. The van der Waals surface area contributed by atoms with Crippen molar-refractivity contribution >= 4 is 17.0 Å². The average molecular weight is 270 g/mol. The molecule has 0 bridgehead atoms. The van der Waals surface area contributed by atoms with Crippen molar-refractivity contribution in [2.45, 2.75) is 38.3 Å². The third kappa shape index (κ3) is 2.02. The third-order valence-electron chi connectivity index (χ3n) is 3.90. The highest BCUT2D eigenvalue weighted by Crippen LogP contribution is 2.36. The summed E-state index contributed by atoms with van der Waals surface area (Å²) in [6.07, 6.45) is 1.80. The fraction of sp³-hybridized carbons (Fsp3) is 0.467. The quantitative estimate of drug-likeness (QED) is 0.864. The van der Waals surface area contributed by atoms with Crippen LogP contribution in [0.5, 0.6) is 0 Å². The van der Waals surface area contributed by atoms with Crippen molar-refractivity contribution in [1.29, 1.82) is 5.26 Å². The number of ether oxygens (including phenoxy) is 1. The van der Waals surface area contributed by atoms with E-state index in [0.29, 0.717) is 23.6 Å². The molecule has 0 radical (unpaired) electrons. The molecule has 2 heterocycles. The van der Waals surface area contributed by atoms with E-state index < -0.39 is 0 Å². The Kier molecular flexibility index (Phi) is 2.91. The molecule has 0 aliphatic carbocycles. The van der Waals surface area contributed by atoms with Gasteiger partial charge in [-0.15, -0.1) is 0 Å². The normalized spacial score (nSPS) is 21.8. The molecule has 1 aromatic carbocycles. The van der Waals surface area contributed by atoms with Crippen LogP contribution in [0.4, 0.5) is 5.95 Å². The highest BCUT2D eigenvalue weighted by Gasteiger charge is 2.31. The zero-order chi connectivity index (χ0) is 14.3. The first-order chi connectivity index (χ1) is 9.52. The molecule has 1 atom stereocenters. The average Bonchev–Trinajstić information content (AvgIpc) is 2.73. The molecule has 3 rings (SSSR count). The second kappa shape index (κ2) is 4.50. The fourth-order valence-electron chi connectivity index (χ4n) is 3.03. The second-order valence-corrected chi connectivity index (χ2v) is 5.88. The number of fused-ring (bicyclic) bond motifs is 1. The SMILES string of the molecule is CC1(C)CC(n2c(N)nc3c(C#N)cccc32)CCO1. The summed E-state index contributed by atoms with van der Waals surface area (Å²) in [5.74, 6) is 0.477. The third-order valence-corrected chi connectivity index (χ3v) is 3.90. The van der Waals surface area contributed by atoms with Gasteiger partial charge in [0.1, 0.15) is 11.6 Å². The predicted octanol–water partition coefficient (Wildman–Crippen LogP) is 2.62. The maximum atomic E-state index is 9.17. The van der Waals surface area contributed by atoms with Gasteiger partial charge in [-0.25, -0.2) is 4.98 Å². The summed E-state index contributed by atoms with van der Waals surface area (Å²) >= 11 is 0. The number of nitriles is 1. The number of rotatable bonds is 1. The van der Waals surface area contributed by atoms with Crippen molar-refractivity contribution in [2.75, 3.05) is 12.3 Å². The number of nitrogen functional groups attached to an aromatic ring is 1. The standard InChI is InChI=1S/C15H18N4O/c1-15(2)8-11(6-7-20-15)19-12-5-3-4-10(9-16)13(12)18-14(19)17/h3-5,11H,6-8H2,1-2H3,(H2,17,18). The Balaban J connectivity index is 2.12. The Morgan fingerprint density at radius 1 is 1.50 bits per heavy atom. The number of imidazole rings is 1. The lowest BCUT2D eigenvalue weighted by molar-refractivity contribution is -0.0682. The van der Waals surface area contributed by atoms with Gasteiger partial charge in [-0.3, -0.25) is 0 Å². The zero-order valence-corrected chi connectivity index (χ0v) is 11.8. The van der Waals surface area contributed by atoms with E-state index in [0.717, 1.165) is 18.4 Å². The molecule has 0 saturated carbocycles. The molecular weight excluding hydrogens is 252 g/mol. The Bertz CT molecular complexity index is 696. The van der Waals surface area contributed by atoms with E-state index >= 15 is 0 Å². The van der Waals surface area contributed by atoms with Gasteiger partial charge in [-0.05, 0) is 38.8 Å². The van der Waals surface area contributed by atoms with Crippen molar-refractivity contribution in [1.82, 2.24) is 9.55 Å². The molecule has 1 aliphatic heterocycles. The fourth-order valence-corrected chi connectivity index (χ4v) is 3.03. The Morgan fingerprint density at radius 2 is 2.30 bits per heavy atom. The van der Waals surface area contributed by atoms with Crippen LogP contribution >= 0.6 is 0 Å². The van der Waals surface area contributed by atoms with Crippen molar-refractivity contribution in [3.63, 3.8) is 0 Å². The largest absolute Gasteiger partial charge is 0.375 e. The first kappa shape index (κ1) is 12.9. The van der Waals surface area contributed by atoms with Crippen molar-refractivity contribution in [3.05, 3.63) is 23.8 Å². The molecule has 2 aromatic rings. The minimum absolute atomic E-state index is 0.154. The van der Waals surface area contributed by atoms with Gasteiger partial charge in [0.25, 0.3) is 0 Å². The van der Waals surface area contributed by atoms with Gasteiger partial charge < -0.3 is 15.0 Å². The molecule has 20 heavy (non-hydrogen) atoms. The number of hydrogen-bond donors (Lipinski definition) is 1. The van der Waals surface area contributed by atoms with Crippen LogP contribution in [0, 0.1) is 11.3 Å². The van der Waals surface area contributed by atoms with Gasteiger partial charge >= 0.3 is 0 Å². The predicted molar refractivity (Wildman–Crippen MR) is 77.2 cm³/mol. The maximum absolute atomic E-state index is 9.17. The summed E-state index contributed by atoms with van der Waals surface area (Å²) in [4.78, 5) is 4.38. The van der Waals surface area contributed by atoms with E-state index in [-0.39, 0.29) is 11.6 Å². The molecule has 2 N–H and O–H groups in total. The second-order valence-electron chi connectivity index (χ2n) is 5.88. The molecular formula is C15H18N4O. The van der Waals surface area contributed by atoms with Crippen LogP contribution in [0.2, 0.25) is 0 Å². The number of hydrogen-bond acceptors (Lipinski definition) is 4. The summed E-state index contributed by atoms with van der Waals surface area (Å²) < 4.78 is 7.82. The number of nitrogens with two attached hydrogens (primary N) is 1. The Labute approximate surface area is 118 Å². The van der Waals surface area contributed by atoms with E-state index in [9.17, 15) is 0 Å². The highest BCUT2D eigenvalue weighted by molar-refractivity contribution is 5.84. The molecule has 1 fully saturated rings. The molecule has 0 amide bonds. The zero-order valence-electron chi connectivity index (χ0n) is 11.8. The monoisotopic (exact) mass is 270 g/mol. The topological polar surface area (TPSA) is 76.9 Å². The number of nitrogens with zero attached hydrogens (tertiary/aromatic N) is 3. The van der Waals surface area contributed by atoms with Gasteiger partial charge in [0.2, 0.25) is 5.95 Å². The first-order valence-electron chi connectivity index (χ1n) is 6.82. The van der Waals surface area contributed by atoms with E-state index in [1.54, 1.807) is 6.07 Å². The lowest BCUT2D eigenvalue weighted by atomic mass is 9.93. The minimum Gasteiger partial charge on any atom is -0.375 e. The van der Waals surface area contributed by atoms with Crippen LogP contribution in [-0.4, -0.2) is 21.8 Å². The van der Waals surface area contributed by atoms with Gasteiger partial charge in [0.15, 0.2) is 0 Å². The number of aromatic nitrogens is 2. The van der Waals surface area contributed by atoms with Crippen LogP contribution in [0.3, 0.4) is 0 Å². The molecule has 1 aliphatic rings. The van der Waals surface area contributed by atoms with E-state index in [1.165, 1.54) is 0 Å². The number of benzene rings is 1. The van der Waals surface area contributed by atoms with Crippen molar-refractivity contribution in [3.8, 4) is 6.07 Å². The molecule has 5 nitrogen and oxygen atoms in total. The van der Waals surface area contributed by atoms with Gasteiger partial charge in [-0.1, -0.05) is 6.07 Å². The maximum Gasteiger partial charge on any atom is 0.201 e. The van der Waals surface area contributed by atoms with E-state index in [1.807, 2.05) is 12.1 Å². The minimum atomic E-state index is -0.154. The van der Waals surface area contributed by atoms with Crippen LogP contribution < -0.4 is 5.73 Å². The summed E-state index contributed by atoms with van der Waals surface area (Å²) in [5, 5.41) is 9.17. The first-order valence-corrected chi connectivity index (χ1v) is 6.82. The summed E-state index contributed by atoms with van der Waals surface area (Å²) in [6.45, 7) is 4.90.